The van der Waals surface area contributed by atoms with Gasteiger partial charge < -0.3 is 9.47 Å². The van der Waals surface area contributed by atoms with Gasteiger partial charge in [-0.15, -0.1) is 0 Å². The van der Waals surface area contributed by atoms with E-state index in [-0.39, 0.29) is 17.4 Å². The lowest BCUT2D eigenvalue weighted by Crippen LogP contribution is -2.41. The molecule has 6 heteroatoms. The summed E-state index contributed by atoms with van der Waals surface area (Å²) in [5.41, 5.74) is 0.772. The number of hydrogen-bond donors (Lipinski definition) is 0. The fourth-order valence-electron chi connectivity index (χ4n) is 2.23. The van der Waals surface area contributed by atoms with Crippen LogP contribution in [-0.2, 0) is 4.74 Å². The van der Waals surface area contributed by atoms with E-state index in [9.17, 15) is 10.1 Å². The molecule has 1 aliphatic rings. The number of benzene rings is 1. The van der Waals surface area contributed by atoms with Crippen molar-refractivity contribution >= 4 is 11.6 Å². The number of rotatable bonds is 3. The van der Waals surface area contributed by atoms with Crippen molar-refractivity contribution in [1.82, 2.24) is 0 Å². The highest BCUT2D eigenvalue weighted by molar-refractivity contribution is 6.30. The molecule has 0 amide bonds. The zero-order valence-electron chi connectivity index (χ0n) is 10.2. The number of hydrogen-bond acceptors (Lipinski definition) is 4. The van der Waals surface area contributed by atoms with Crippen LogP contribution in [0.3, 0.4) is 0 Å². The van der Waals surface area contributed by atoms with Crippen molar-refractivity contribution in [1.29, 1.82) is 0 Å². The van der Waals surface area contributed by atoms with Gasteiger partial charge in [0.05, 0.1) is 5.92 Å². The predicted octanol–water partition coefficient (Wildman–Crippen LogP) is 2.85. The molecule has 0 saturated heterocycles. The first kappa shape index (κ1) is 13.1. The van der Waals surface area contributed by atoms with Crippen molar-refractivity contribution in [2.24, 2.45) is 0 Å². The quantitative estimate of drug-likeness (QED) is 0.626. The molecule has 5 nitrogen and oxygen atoms in total. The van der Waals surface area contributed by atoms with E-state index in [0.29, 0.717) is 17.2 Å². The van der Waals surface area contributed by atoms with Crippen molar-refractivity contribution in [2.75, 3.05) is 13.7 Å². The molecule has 1 aliphatic heterocycles. The third-order valence-corrected chi connectivity index (χ3v) is 3.39. The Bertz CT molecular complexity index is 479. The molecule has 2 atom stereocenters. The third-order valence-electron chi connectivity index (χ3n) is 3.16. The Labute approximate surface area is 110 Å². The summed E-state index contributed by atoms with van der Waals surface area (Å²) >= 11 is 5.93. The summed E-state index contributed by atoms with van der Waals surface area (Å²) in [5.74, 6) is -0.490. The Kier molecular flexibility index (Phi) is 3.45. The fourth-order valence-corrected chi connectivity index (χ4v) is 2.41. The first-order valence-corrected chi connectivity index (χ1v) is 5.97. The minimum absolute atomic E-state index is 0.157. The van der Waals surface area contributed by atoms with E-state index in [1.54, 1.807) is 25.1 Å². The van der Waals surface area contributed by atoms with Gasteiger partial charge in [0.2, 0.25) is 12.3 Å². The maximum absolute atomic E-state index is 10.8. The summed E-state index contributed by atoms with van der Waals surface area (Å²) in [6.45, 7) is 1.62. The lowest BCUT2D eigenvalue weighted by atomic mass is 9.88. The van der Waals surface area contributed by atoms with Crippen LogP contribution in [0.4, 0.5) is 0 Å². The van der Waals surface area contributed by atoms with Crippen LogP contribution in [0.1, 0.15) is 24.8 Å². The summed E-state index contributed by atoms with van der Waals surface area (Å²) < 4.78 is 11.0. The van der Waals surface area contributed by atoms with Gasteiger partial charge in [0.1, 0.15) is 5.75 Å². The van der Waals surface area contributed by atoms with Gasteiger partial charge in [0.25, 0.3) is 0 Å². The second kappa shape index (κ2) is 4.74. The number of nitro groups is 1. The summed E-state index contributed by atoms with van der Waals surface area (Å²) in [7, 11) is 1.53. The van der Waals surface area contributed by atoms with Gasteiger partial charge in [-0.25, -0.2) is 0 Å². The first-order chi connectivity index (χ1) is 8.43. The highest BCUT2D eigenvalue weighted by Gasteiger charge is 2.39. The molecule has 0 spiro atoms. The van der Waals surface area contributed by atoms with E-state index in [2.05, 4.69) is 0 Å². The van der Waals surface area contributed by atoms with Crippen molar-refractivity contribution in [3.63, 3.8) is 0 Å². The molecule has 18 heavy (non-hydrogen) atoms. The molecule has 1 aromatic rings. The van der Waals surface area contributed by atoms with Crippen molar-refractivity contribution in [3.05, 3.63) is 38.9 Å². The van der Waals surface area contributed by atoms with Gasteiger partial charge in [-0.3, -0.25) is 10.1 Å². The summed E-state index contributed by atoms with van der Waals surface area (Å²) in [6.07, 6.45) is 0.428. The second-order valence-electron chi connectivity index (χ2n) is 4.54. The van der Waals surface area contributed by atoms with Gasteiger partial charge in [0.15, 0.2) is 0 Å². The molecular weight excluding hydrogens is 258 g/mol. The van der Waals surface area contributed by atoms with Gasteiger partial charge in [0, 0.05) is 36.0 Å². The minimum atomic E-state index is -0.832. The standard InChI is InChI=1S/C12H14ClNO4/c1-12(17-2)6-8(7-14(15)16)10-5-9(13)3-4-11(10)18-12/h3-5,8H,6-7H2,1-2H3/t8-,12-/m1/s1. The van der Waals surface area contributed by atoms with Crippen molar-refractivity contribution in [3.8, 4) is 5.75 Å². The molecular formula is C12H14ClNO4. The molecule has 1 aromatic carbocycles. The lowest BCUT2D eigenvalue weighted by molar-refractivity contribution is -0.485. The van der Waals surface area contributed by atoms with E-state index in [1.807, 2.05) is 0 Å². The normalized spacial score (nSPS) is 26.3. The van der Waals surface area contributed by atoms with Crippen LogP contribution in [-0.4, -0.2) is 24.4 Å². The predicted molar refractivity (Wildman–Crippen MR) is 66.7 cm³/mol. The van der Waals surface area contributed by atoms with E-state index in [0.717, 1.165) is 5.56 Å². The highest BCUT2D eigenvalue weighted by Crippen LogP contribution is 2.42. The number of nitrogens with zero attached hydrogens (tertiary/aromatic N) is 1. The molecule has 0 aromatic heterocycles. The van der Waals surface area contributed by atoms with Crippen molar-refractivity contribution < 1.29 is 14.4 Å². The monoisotopic (exact) mass is 271 g/mol. The van der Waals surface area contributed by atoms with Gasteiger partial charge in [-0.1, -0.05) is 11.6 Å². The Balaban J connectivity index is 2.40. The van der Waals surface area contributed by atoms with E-state index in [1.165, 1.54) is 7.11 Å². The molecule has 0 saturated carbocycles. The van der Waals surface area contributed by atoms with Crippen LogP contribution in [0.5, 0.6) is 5.75 Å². The third kappa shape index (κ3) is 2.57. The molecule has 0 aliphatic carbocycles. The summed E-state index contributed by atoms with van der Waals surface area (Å²) in [5, 5.41) is 11.3. The summed E-state index contributed by atoms with van der Waals surface area (Å²) in [6, 6.07) is 5.15. The molecule has 2 rings (SSSR count). The van der Waals surface area contributed by atoms with Gasteiger partial charge in [-0.2, -0.15) is 0 Å². The highest BCUT2D eigenvalue weighted by atomic mass is 35.5. The molecule has 0 bridgehead atoms. The smallest absolute Gasteiger partial charge is 0.211 e. The molecule has 0 fully saturated rings. The summed E-state index contributed by atoms with van der Waals surface area (Å²) in [4.78, 5) is 10.4. The number of halogens is 1. The van der Waals surface area contributed by atoms with Gasteiger partial charge in [-0.05, 0) is 18.2 Å². The largest absolute Gasteiger partial charge is 0.462 e. The maximum Gasteiger partial charge on any atom is 0.211 e. The fraction of sp³-hybridized carbons (Fsp3) is 0.500. The maximum atomic E-state index is 10.8. The SMILES string of the molecule is CO[C@@]1(C)C[C@H](C[N+](=O)[O-])c2cc(Cl)ccc2O1. The molecule has 0 N–H and O–H groups in total. The van der Waals surface area contributed by atoms with E-state index < -0.39 is 5.79 Å². The van der Waals surface area contributed by atoms with E-state index in [4.69, 9.17) is 21.1 Å². The van der Waals surface area contributed by atoms with Crippen molar-refractivity contribution in [2.45, 2.75) is 25.0 Å². The number of methoxy groups -OCH3 is 1. The molecule has 98 valence electrons. The average Bonchev–Trinajstić information content (AvgIpc) is 2.29. The Morgan fingerprint density at radius 1 is 1.67 bits per heavy atom. The van der Waals surface area contributed by atoms with Crippen LogP contribution in [0.25, 0.3) is 0 Å². The zero-order chi connectivity index (χ0) is 13.3. The number of fused-ring (bicyclic) bond motifs is 1. The first-order valence-electron chi connectivity index (χ1n) is 5.59. The van der Waals surface area contributed by atoms with Crippen LogP contribution in [0.15, 0.2) is 18.2 Å². The van der Waals surface area contributed by atoms with E-state index >= 15 is 0 Å². The lowest BCUT2D eigenvalue weighted by Gasteiger charge is -2.37. The van der Waals surface area contributed by atoms with Crippen LogP contribution < -0.4 is 4.74 Å². The Morgan fingerprint density at radius 3 is 3.00 bits per heavy atom. The number of ether oxygens (including phenoxy) is 2. The zero-order valence-corrected chi connectivity index (χ0v) is 10.9. The average molecular weight is 272 g/mol. The topological polar surface area (TPSA) is 61.6 Å². The van der Waals surface area contributed by atoms with Crippen LogP contribution in [0.2, 0.25) is 5.02 Å². The van der Waals surface area contributed by atoms with Gasteiger partial charge >= 0.3 is 0 Å². The molecule has 0 unspecified atom stereocenters. The molecule has 1 heterocycles. The van der Waals surface area contributed by atoms with Crippen LogP contribution in [0, 0.1) is 10.1 Å². The van der Waals surface area contributed by atoms with Crippen LogP contribution >= 0.6 is 11.6 Å². The Morgan fingerprint density at radius 2 is 2.39 bits per heavy atom. The Hall–Kier alpha value is -1.33. The molecule has 0 radical (unpaired) electrons. The second-order valence-corrected chi connectivity index (χ2v) is 4.97. The minimum Gasteiger partial charge on any atom is -0.462 e.